The SMILES string of the molecule is Cc1cc(Nc2cccc(Cn3nc(C)cc3C)c2)nc(-c2cccnc2)n1. The lowest BCUT2D eigenvalue weighted by molar-refractivity contribution is 0.659. The summed E-state index contributed by atoms with van der Waals surface area (Å²) >= 11 is 0. The number of pyridine rings is 1. The maximum atomic E-state index is 4.65. The van der Waals surface area contributed by atoms with Crippen molar-refractivity contribution in [2.75, 3.05) is 5.32 Å². The minimum Gasteiger partial charge on any atom is -0.340 e. The van der Waals surface area contributed by atoms with Crippen LogP contribution in [0.2, 0.25) is 0 Å². The summed E-state index contributed by atoms with van der Waals surface area (Å²) in [6.45, 7) is 6.79. The summed E-state index contributed by atoms with van der Waals surface area (Å²) in [5.41, 5.74) is 6.14. The van der Waals surface area contributed by atoms with Crippen LogP contribution in [-0.4, -0.2) is 24.7 Å². The van der Waals surface area contributed by atoms with E-state index >= 15 is 0 Å². The molecule has 0 aliphatic carbocycles. The molecule has 0 unspecified atom stereocenters. The van der Waals surface area contributed by atoms with Crippen LogP contribution in [0.4, 0.5) is 11.5 Å². The second kappa shape index (κ2) is 7.60. The Morgan fingerprint density at radius 1 is 0.929 bits per heavy atom. The predicted molar refractivity (Wildman–Crippen MR) is 111 cm³/mol. The van der Waals surface area contributed by atoms with Gasteiger partial charge in [-0.05, 0) is 56.7 Å². The zero-order chi connectivity index (χ0) is 19.5. The van der Waals surface area contributed by atoms with E-state index in [0.717, 1.165) is 40.7 Å². The minimum absolute atomic E-state index is 0.661. The summed E-state index contributed by atoms with van der Waals surface area (Å²) in [6.07, 6.45) is 3.51. The zero-order valence-electron chi connectivity index (χ0n) is 16.2. The van der Waals surface area contributed by atoms with Crippen LogP contribution in [0.15, 0.2) is 60.9 Å². The van der Waals surface area contributed by atoms with E-state index in [1.54, 1.807) is 12.4 Å². The first-order chi connectivity index (χ1) is 13.6. The molecule has 0 atom stereocenters. The zero-order valence-corrected chi connectivity index (χ0v) is 16.2. The third-order valence-electron chi connectivity index (χ3n) is 4.41. The Labute approximate surface area is 164 Å². The van der Waals surface area contributed by atoms with Crippen LogP contribution >= 0.6 is 0 Å². The number of anilines is 2. The van der Waals surface area contributed by atoms with Gasteiger partial charge in [-0.2, -0.15) is 5.10 Å². The van der Waals surface area contributed by atoms with E-state index in [2.05, 4.69) is 50.5 Å². The lowest BCUT2D eigenvalue weighted by Gasteiger charge is -2.11. The normalized spacial score (nSPS) is 10.8. The molecule has 0 bridgehead atoms. The highest BCUT2D eigenvalue weighted by atomic mass is 15.3. The molecule has 0 saturated carbocycles. The summed E-state index contributed by atoms with van der Waals surface area (Å²) < 4.78 is 2.02. The van der Waals surface area contributed by atoms with Crippen molar-refractivity contribution in [2.24, 2.45) is 0 Å². The molecule has 4 aromatic rings. The number of aromatic nitrogens is 5. The summed E-state index contributed by atoms with van der Waals surface area (Å²) in [4.78, 5) is 13.3. The van der Waals surface area contributed by atoms with Gasteiger partial charge in [0.05, 0.1) is 12.2 Å². The molecule has 0 radical (unpaired) electrons. The van der Waals surface area contributed by atoms with Crippen molar-refractivity contribution < 1.29 is 0 Å². The second-order valence-corrected chi connectivity index (χ2v) is 6.87. The van der Waals surface area contributed by atoms with Crippen molar-refractivity contribution in [3.8, 4) is 11.4 Å². The number of rotatable bonds is 5. The van der Waals surface area contributed by atoms with Crippen LogP contribution in [0.25, 0.3) is 11.4 Å². The first-order valence-corrected chi connectivity index (χ1v) is 9.20. The van der Waals surface area contributed by atoms with Gasteiger partial charge in [-0.3, -0.25) is 9.67 Å². The molecule has 3 heterocycles. The third kappa shape index (κ3) is 4.06. The van der Waals surface area contributed by atoms with Gasteiger partial charge in [0, 0.05) is 41.1 Å². The maximum Gasteiger partial charge on any atom is 0.163 e. The Morgan fingerprint density at radius 3 is 2.57 bits per heavy atom. The van der Waals surface area contributed by atoms with Gasteiger partial charge in [0.25, 0.3) is 0 Å². The molecule has 6 nitrogen and oxygen atoms in total. The molecule has 1 N–H and O–H groups in total. The number of nitrogens with one attached hydrogen (secondary N) is 1. The molecule has 4 rings (SSSR count). The maximum absolute atomic E-state index is 4.65. The molecule has 0 fully saturated rings. The predicted octanol–water partition coefficient (Wildman–Crippen LogP) is 4.45. The van der Waals surface area contributed by atoms with E-state index in [-0.39, 0.29) is 0 Å². The Morgan fingerprint density at radius 2 is 1.82 bits per heavy atom. The summed E-state index contributed by atoms with van der Waals surface area (Å²) in [5.74, 6) is 1.42. The van der Waals surface area contributed by atoms with Crippen LogP contribution < -0.4 is 5.32 Å². The molecule has 1 aromatic carbocycles. The van der Waals surface area contributed by atoms with Crippen molar-refractivity contribution in [3.63, 3.8) is 0 Å². The number of hydrogen-bond acceptors (Lipinski definition) is 5. The first-order valence-electron chi connectivity index (χ1n) is 9.20. The molecular weight excluding hydrogens is 348 g/mol. The van der Waals surface area contributed by atoms with Crippen molar-refractivity contribution in [1.82, 2.24) is 24.7 Å². The molecule has 0 saturated heterocycles. The van der Waals surface area contributed by atoms with Gasteiger partial charge in [0.1, 0.15) is 5.82 Å². The molecule has 0 aliphatic rings. The third-order valence-corrected chi connectivity index (χ3v) is 4.41. The highest BCUT2D eigenvalue weighted by molar-refractivity contribution is 5.61. The van der Waals surface area contributed by atoms with Gasteiger partial charge < -0.3 is 5.32 Å². The molecule has 0 spiro atoms. The minimum atomic E-state index is 0.661. The molecule has 140 valence electrons. The topological polar surface area (TPSA) is 68.5 Å². The highest BCUT2D eigenvalue weighted by Gasteiger charge is 2.07. The molecule has 0 aliphatic heterocycles. The Kier molecular flexibility index (Phi) is 4.85. The molecule has 6 heteroatoms. The summed E-state index contributed by atoms with van der Waals surface area (Å²) in [5, 5.41) is 7.95. The highest BCUT2D eigenvalue weighted by Crippen LogP contribution is 2.21. The monoisotopic (exact) mass is 370 g/mol. The first kappa shape index (κ1) is 17.9. The molecular formula is C22H22N6. The lowest BCUT2D eigenvalue weighted by Crippen LogP contribution is -2.04. The average molecular weight is 370 g/mol. The van der Waals surface area contributed by atoms with Crippen LogP contribution in [0, 0.1) is 20.8 Å². The van der Waals surface area contributed by atoms with Crippen molar-refractivity contribution in [3.05, 3.63) is 83.6 Å². The van der Waals surface area contributed by atoms with Gasteiger partial charge >= 0.3 is 0 Å². The Hall–Kier alpha value is -3.54. The smallest absolute Gasteiger partial charge is 0.163 e. The van der Waals surface area contributed by atoms with Crippen LogP contribution in [0.1, 0.15) is 22.6 Å². The fraction of sp³-hybridized carbons (Fsp3) is 0.182. The Bertz CT molecular complexity index is 1100. The van der Waals surface area contributed by atoms with E-state index in [1.165, 1.54) is 5.56 Å². The van der Waals surface area contributed by atoms with Gasteiger partial charge in [-0.15, -0.1) is 0 Å². The van der Waals surface area contributed by atoms with E-state index in [1.807, 2.05) is 48.9 Å². The van der Waals surface area contributed by atoms with Crippen LogP contribution in [0.5, 0.6) is 0 Å². The average Bonchev–Trinajstić information content (AvgIpc) is 2.99. The number of aryl methyl sites for hydroxylation is 3. The second-order valence-electron chi connectivity index (χ2n) is 6.87. The van der Waals surface area contributed by atoms with Crippen molar-refractivity contribution in [2.45, 2.75) is 27.3 Å². The molecule has 3 aromatic heterocycles. The van der Waals surface area contributed by atoms with Crippen molar-refractivity contribution in [1.29, 1.82) is 0 Å². The quantitative estimate of drug-likeness (QED) is 0.562. The molecule has 28 heavy (non-hydrogen) atoms. The van der Waals surface area contributed by atoms with E-state index in [0.29, 0.717) is 5.82 Å². The van der Waals surface area contributed by atoms with Gasteiger partial charge in [-0.25, -0.2) is 9.97 Å². The Balaban J connectivity index is 1.58. The number of nitrogens with zero attached hydrogens (tertiary/aromatic N) is 5. The van der Waals surface area contributed by atoms with Gasteiger partial charge in [0.15, 0.2) is 5.82 Å². The van der Waals surface area contributed by atoms with Crippen molar-refractivity contribution >= 4 is 11.5 Å². The fourth-order valence-corrected chi connectivity index (χ4v) is 3.16. The largest absolute Gasteiger partial charge is 0.340 e. The van der Waals surface area contributed by atoms with Gasteiger partial charge in [0.2, 0.25) is 0 Å². The van der Waals surface area contributed by atoms with E-state index in [9.17, 15) is 0 Å². The van der Waals surface area contributed by atoms with E-state index in [4.69, 9.17) is 0 Å². The number of benzene rings is 1. The van der Waals surface area contributed by atoms with E-state index < -0.39 is 0 Å². The van der Waals surface area contributed by atoms with Gasteiger partial charge in [-0.1, -0.05) is 12.1 Å². The van der Waals surface area contributed by atoms with Crippen LogP contribution in [0.3, 0.4) is 0 Å². The fourth-order valence-electron chi connectivity index (χ4n) is 3.16. The van der Waals surface area contributed by atoms with Crippen LogP contribution in [-0.2, 0) is 6.54 Å². The standard InChI is InChI=1S/C22H22N6/c1-15-11-21(26-22(24-15)19-7-5-9-23-13-19)25-20-8-4-6-18(12-20)14-28-17(3)10-16(2)27-28/h4-13H,14H2,1-3H3,(H,24,25,26). The lowest BCUT2D eigenvalue weighted by atomic mass is 10.2. The number of hydrogen-bond donors (Lipinski definition) is 1. The molecule has 0 amide bonds. The summed E-state index contributed by atoms with van der Waals surface area (Å²) in [6, 6.07) is 16.2. The summed E-state index contributed by atoms with van der Waals surface area (Å²) in [7, 11) is 0.